The molecule has 28 heavy (non-hydrogen) atoms. The van der Waals surface area contributed by atoms with Gasteiger partial charge in [-0.05, 0) is 63.6 Å². The lowest BCUT2D eigenvalue weighted by Gasteiger charge is -2.22. The van der Waals surface area contributed by atoms with E-state index in [1.54, 1.807) is 0 Å². The highest BCUT2D eigenvalue weighted by Crippen LogP contribution is 2.50. The zero-order chi connectivity index (χ0) is 19.3. The molecule has 0 fully saturated rings. The van der Waals surface area contributed by atoms with Gasteiger partial charge in [-0.25, -0.2) is 0 Å². The quantitative estimate of drug-likeness (QED) is 0.344. The molecule has 0 unspecified atom stereocenters. The first-order valence-corrected chi connectivity index (χ1v) is 9.96. The summed E-state index contributed by atoms with van der Waals surface area (Å²) in [6.45, 7) is 6.86. The molecule has 0 heteroatoms. The maximum atomic E-state index is 2.40. The Morgan fingerprint density at radius 3 is 1.64 bits per heavy atom. The summed E-state index contributed by atoms with van der Waals surface area (Å²) in [4.78, 5) is 0. The molecule has 0 heterocycles. The molecule has 0 aliphatic heterocycles. The summed E-state index contributed by atoms with van der Waals surface area (Å²) in [5.74, 6) is 0. The van der Waals surface area contributed by atoms with Crippen LogP contribution < -0.4 is 0 Å². The number of hydrogen-bond donors (Lipinski definition) is 0. The molecular weight excluding hydrogens is 336 g/mol. The Hall–Kier alpha value is -3.12. The van der Waals surface area contributed by atoms with Crippen LogP contribution in [0.3, 0.4) is 0 Å². The van der Waals surface area contributed by atoms with Gasteiger partial charge in [0, 0.05) is 5.41 Å². The van der Waals surface area contributed by atoms with Gasteiger partial charge in [0.25, 0.3) is 0 Å². The molecule has 4 aromatic carbocycles. The highest BCUT2D eigenvalue weighted by atomic mass is 14.4. The van der Waals surface area contributed by atoms with Crippen LogP contribution in [-0.4, -0.2) is 0 Å². The second-order valence-corrected chi connectivity index (χ2v) is 8.38. The Balaban J connectivity index is 1.64. The van der Waals surface area contributed by atoms with Crippen LogP contribution in [0.2, 0.25) is 0 Å². The fraction of sp³-hybridized carbons (Fsp3) is 0.143. The lowest BCUT2D eigenvalue weighted by Crippen LogP contribution is -2.15. The van der Waals surface area contributed by atoms with Gasteiger partial charge < -0.3 is 0 Å². The Kier molecular flexibility index (Phi) is 3.77. The molecule has 0 nitrogen and oxygen atoms in total. The van der Waals surface area contributed by atoms with Gasteiger partial charge in [-0.3, -0.25) is 0 Å². The third-order valence-electron chi connectivity index (χ3n) is 6.13. The van der Waals surface area contributed by atoms with E-state index < -0.39 is 0 Å². The van der Waals surface area contributed by atoms with Crippen molar-refractivity contribution in [1.29, 1.82) is 0 Å². The van der Waals surface area contributed by atoms with Crippen LogP contribution in [0.1, 0.15) is 30.5 Å². The van der Waals surface area contributed by atoms with E-state index in [0.717, 1.165) is 0 Å². The first-order valence-electron chi connectivity index (χ1n) is 9.96. The van der Waals surface area contributed by atoms with Crippen molar-refractivity contribution in [1.82, 2.24) is 0 Å². The molecule has 0 radical (unpaired) electrons. The average molecular weight is 360 g/mol. The van der Waals surface area contributed by atoms with Gasteiger partial charge in [-0.15, -0.1) is 0 Å². The van der Waals surface area contributed by atoms with Gasteiger partial charge in [0.1, 0.15) is 0 Å². The van der Waals surface area contributed by atoms with Crippen molar-refractivity contribution in [2.75, 3.05) is 0 Å². The topological polar surface area (TPSA) is 0 Å². The zero-order valence-electron chi connectivity index (χ0n) is 16.7. The number of benzene rings is 4. The van der Waals surface area contributed by atoms with Crippen molar-refractivity contribution in [3.05, 3.63) is 108 Å². The molecule has 4 aromatic rings. The molecule has 0 bridgehead atoms. The molecule has 5 rings (SSSR count). The van der Waals surface area contributed by atoms with E-state index in [1.807, 2.05) is 0 Å². The van der Waals surface area contributed by atoms with Crippen LogP contribution in [0, 0.1) is 6.92 Å². The van der Waals surface area contributed by atoms with Crippen LogP contribution in [0.4, 0.5) is 0 Å². The Bertz CT molecular complexity index is 1180. The molecule has 1 aliphatic rings. The standard InChI is InChI=1S/C28H24/c1-19-8-7-11-21(16-19)23-13-15-25-24-14-12-22(20-9-5-4-6-10-20)17-26(24)28(2,3)27(25)18-23/h4-18H,1-3H3. The highest BCUT2D eigenvalue weighted by Gasteiger charge is 2.35. The largest absolute Gasteiger partial charge is 0.0622 e. The fourth-order valence-corrected chi connectivity index (χ4v) is 4.55. The van der Waals surface area contributed by atoms with Crippen molar-refractivity contribution in [3.8, 4) is 33.4 Å². The van der Waals surface area contributed by atoms with Crippen molar-refractivity contribution in [2.24, 2.45) is 0 Å². The molecule has 136 valence electrons. The number of hydrogen-bond acceptors (Lipinski definition) is 0. The van der Waals surface area contributed by atoms with E-state index in [9.17, 15) is 0 Å². The lowest BCUT2D eigenvalue weighted by molar-refractivity contribution is 0.661. The summed E-state index contributed by atoms with van der Waals surface area (Å²) in [7, 11) is 0. The molecule has 0 saturated heterocycles. The van der Waals surface area contributed by atoms with Crippen molar-refractivity contribution < 1.29 is 0 Å². The molecule has 0 N–H and O–H groups in total. The monoisotopic (exact) mass is 360 g/mol. The summed E-state index contributed by atoms with van der Waals surface area (Å²) in [6.07, 6.45) is 0. The predicted octanol–water partition coefficient (Wildman–Crippen LogP) is 7.64. The van der Waals surface area contributed by atoms with Gasteiger partial charge in [-0.2, -0.15) is 0 Å². The first-order chi connectivity index (χ1) is 13.5. The van der Waals surface area contributed by atoms with E-state index in [1.165, 1.54) is 50.1 Å². The molecule has 0 aromatic heterocycles. The minimum atomic E-state index is -0.00467. The van der Waals surface area contributed by atoms with Crippen LogP contribution >= 0.6 is 0 Å². The molecule has 0 amide bonds. The minimum absolute atomic E-state index is 0.00467. The molecular formula is C28H24. The number of fused-ring (bicyclic) bond motifs is 3. The van der Waals surface area contributed by atoms with E-state index >= 15 is 0 Å². The maximum absolute atomic E-state index is 2.40. The Morgan fingerprint density at radius 2 is 1.04 bits per heavy atom. The van der Waals surface area contributed by atoms with Gasteiger partial charge in [0.05, 0.1) is 0 Å². The summed E-state index contributed by atoms with van der Waals surface area (Å²) in [6, 6.07) is 33.4. The number of rotatable bonds is 2. The van der Waals surface area contributed by atoms with Gasteiger partial charge in [0.2, 0.25) is 0 Å². The molecule has 0 spiro atoms. The van der Waals surface area contributed by atoms with Gasteiger partial charge >= 0.3 is 0 Å². The zero-order valence-corrected chi connectivity index (χ0v) is 16.7. The van der Waals surface area contributed by atoms with Crippen molar-refractivity contribution >= 4 is 0 Å². The van der Waals surface area contributed by atoms with Gasteiger partial charge in [0.15, 0.2) is 0 Å². The van der Waals surface area contributed by atoms with Crippen LogP contribution in [0.25, 0.3) is 33.4 Å². The van der Waals surface area contributed by atoms with Crippen molar-refractivity contribution in [3.63, 3.8) is 0 Å². The van der Waals surface area contributed by atoms with Crippen LogP contribution in [0.5, 0.6) is 0 Å². The maximum Gasteiger partial charge on any atom is 0.0159 e. The normalized spacial score (nSPS) is 13.8. The third-order valence-corrected chi connectivity index (χ3v) is 6.13. The van der Waals surface area contributed by atoms with E-state index in [0.29, 0.717) is 0 Å². The highest BCUT2D eigenvalue weighted by molar-refractivity contribution is 5.85. The van der Waals surface area contributed by atoms with Crippen LogP contribution in [0.15, 0.2) is 91.0 Å². The molecule has 0 atom stereocenters. The SMILES string of the molecule is Cc1cccc(-c2ccc3c(c2)C(C)(C)c2cc(-c4ccccc4)ccc2-3)c1. The second-order valence-electron chi connectivity index (χ2n) is 8.38. The van der Waals surface area contributed by atoms with Gasteiger partial charge in [-0.1, -0.05) is 98.3 Å². The lowest BCUT2D eigenvalue weighted by atomic mass is 9.81. The number of aryl methyl sites for hydroxylation is 1. The van der Waals surface area contributed by atoms with E-state index in [2.05, 4.69) is 112 Å². The second kappa shape index (κ2) is 6.21. The fourth-order valence-electron chi connectivity index (χ4n) is 4.55. The Labute approximate surface area is 167 Å². The summed E-state index contributed by atoms with van der Waals surface area (Å²) < 4.78 is 0. The summed E-state index contributed by atoms with van der Waals surface area (Å²) >= 11 is 0. The summed E-state index contributed by atoms with van der Waals surface area (Å²) in [5, 5.41) is 0. The smallest absolute Gasteiger partial charge is 0.0159 e. The minimum Gasteiger partial charge on any atom is -0.0622 e. The summed E-state index contributed by atoms with van der Waals surface area (Å²) in [5.41, 5.74) is 12.0. The van der Waals surface area contributed by atoms with E-state index in [-0.39, 0.29) is 5.41 Å². The Morgan fingerprint density at radius 1 is 0.500 bits per heavy atom. The third kappa shape index (κ3) is 2.60. The van der Waals surface area contributed by atoms with E-state index in [4.69, 9.17) is 0 Å². The van der Waals surface area contributed by atoms with Crippen molar-refractivity contribution in [2.45, 2.75) is 26.2 Å². The van der Waals surface area contributed by atoms with Crippen LogP contribution in [-0.2, 0) is 5.41 Å². The average Bonchev–Trinajstić information content (AvgIpc) is 2.95. The molecule has 0 saturated carbocycles. The molecule has 1 aliphatic carbocycles. The first kappa shape index (κ1) is 17.0. The predicted molar refractivity (Wildman–Crippen MR) is 120 cm³/mol.